The van der Waals surface area contributed by atoms with E-state index in [1.54, 1.807) is 19.1 Å². The molecule has 0 unspecified atom stereocenters. The zero-order chi connectivity index (χ0) is 12.8. The van der Waals surface area contributed by atoms with E-state index in [0.717, 1.165) is 4.47 Å². The lowest BCUT2D eigenvalue weighted by atomic mass is 10.1. The maximum absolute atomic E-state index is 11.3. The van der Waals surface area contributed by atoms with E-state index >= 15 is 0 Å². The van der Waals surface area contributed by atoms with Gasteiger partial charge in [-0.2, -0.15) is 0 Å². The van der Waals surface area contributed by atoms with Gasteiger partial charge in [0.2, 0.25) is 0 Å². The fourth-order valence-electron chi connectivity index (χ4n) is 1.37. The fraction of sp³-hybridized carbons (Fsp3) is 0.417. The largest absolute Gasteiger partial charge is 0.483 e. The minimum absolute atomic E-state index is 0.0516. The van der Waals surface area contributed by atoms with Crippen molar-refractivity contribution in [1.29, 1.82) is 0 Å². The Balaban J connectivity index is 2.75. The number of amides is 1. The molecular formula is C12H16BrNO3. The number of carbonyl (C=O) groups is 1. The second-order valence-corrected chi connectivity index (χ2v) is 4.52. The average molecular weight is 302 g/mol. The Bertz CT molecular complexity index is 393. The summed E-state index contributed by atoms with van der Waals surface area (Å²) in [7, 11) is 0. The summed E-state index contributed by atoms with van der Waals surface area (Å²) in [6, 6.07) is 5.32. The van der Waals surface area contributed by atoms with Gasteiger partial charge in [-0.1, -0.05) is 22.0 Å². The minimum atomic E-state index is -0.632. The van der Waals surface area contributed by atoms with Crippen LogP contribution in [0.25, 0.3) is 0 Å². The lowest BCUT2D eigenvalue weighted by Crippen LogP contribution is -2.28. The van der Waals surface area contributed by atoms with Crippen LogP contribution in [0.3, 0.4) is 0 Å². The number of likely N-dealkylation sites (N-methyl/N-ethyl adjacent to an activating group) is 1. The van der Waals surface area contributed by atoms with Crippen LogP contribution in [0.5, 0.6) is 5.75 Å². The van der Waals surface area contributed by atoms with E-state index in [9.17, 15) is 9.90 Å². The highest BCUT2D eigenvalue weighted by Gasteiger charge is 2.11. The van der Waals surface area contributed by atoms with Crippen molar-refractivity contribution in [3.05, 3.63) is 28.2 Å². The molecule has 1 aromatic carbocycles. The predicted molar refractivity (Wildman–Crippen MR) is 69.0 cm³/mol. The summed E-state index contributed by atoms with van der Waals surface area (Å²) in [6.07, 6.45) is -0.632. The van der Waals surface area contributed by atoms with Crippen LogP contribution in [0.2, 0.25) is 0 Å². The third kappa shape index (κ3) is 4.36. The normalized spacial score (nSPS) is 12.0. The Labute approximate surface area is 109 Å². The summed E-state index contributed by atoms with van der Waals surface area (Å²) in [5.74, 6) is 0.338. The summed E-state index contributed by atoms with van der Waals surface area (Å²) in [5, 5.41) is 12.2. The first-order valence-electron chi connectivity index (χ1n) is 5.41. The van der Waals surface area contributed by atoms with E-state index in [0.29, 0.717) is 17.9 Å². The molecule has 1 amide bonds. The number of aliphatic hydroxyl groups is 1. The van der Waals surface area contributed by atoms with Gasteiger partial charge in [0.15, 0.2) is 6.61 Å². The molecule has 1 rings (SSSR count). The predicted octanol–water partition coefficient (Wildman–Crippen LogP) is 2.02. The highest BCUT2D eigenvalue weighted by Crippen LogP contribution is 2.28. The Kier molecular flexibility index (Phi) is 5.44. The Morgan fingerprint density at radius 3 is 2.88 bits per heavy atom. The van der Waals surface area contributed by atoms with Crippen molar-refractivity contribution in [2.45, 2.75) is 20.0 Å². The summed E-state index contributed by atoms with van der Waals surface area (Å²) >= 11 is 3.32. The Hall–Kier alpha value is -1.07. The average Bonchev–Trinajstić information content (AvgIpc) is 2.26. The van der Waals surface area contributed by atoms with Crippen LogP contribution >= 0.6 is 15.9 Å². The number of nitrogens with one attached hydrogen (secondary N) is 1. The van der Waals surface area contributed by atoms with Crippen molar-refractivity contribution in [1.82, 2.24) is 5.32 Å². The number of halogens is 1. The van der Waals surface area contributed by atoms with E-state index in [-0.39, 0.29) is 12.5 Å². The van der Waals surface area contributed by atoms with Crippen LogP contribution in [0.1, 0.15) is 25.5 Å². The van der Waals surface area contributed by atoms with Crippen LogP contribution in [-0.4, -0.2) is 24.2 Å². The molecule has 2 N–H and O–H groups in total. The number of ether oxygens (including phenoxy) is 1. The van der Waals surface area contributed by atoms with Crippen molar-refractivity contribution in [2.75, 3.05) is 13.2 Å². The van der Waals surface area contributed by atoms with Gasteiger partial charge in [0, 0.05) is 16.6 Å². The molecule has 0 aliphatic heterocycles. The van der Waals surface area contributed by atoms with Crippen LogP contribution in [0.4, 0.5) is 0 Å². The van der Waals surface area contributed by atoms with E-state index in [1.807, 2.05) is 13.0 Å². The second-order valence-electron chi connectivity index (χ2n) is 3.60. The second kappa shape index (κ2) is 6.61. The first kappa shape index (κ1) is 14.0. The number of benzene rings is 1. The molecule has 94 valence electrons. The lowest BCUT2D eigenvalue weighted by Gasteiger charge is -2.13. The van der Waals surface area contributed by atoms with Gasteiger partial charge in [-0.05, 0) is 26.0 Å². The molecule has 17 heavy (non-hydrogen) atoms. The number of carbonyl (C=O) groups excluding carboxylic acids is 1. The van der Waals surface area contributed by atoms with Crippen molar-refractivity contribution in [3.63, 3.8) is 0 Å². The minimum Gasteiger partial charge on any atom is -0.483 e. The third-order valence-electron chi connectivity index (χ3n) is 2.16. The van der Waals surface area contributed by atoms with Gasteiger partial charge in [-0.3, -0.25) is 4.79 Å². The Morgan fingerprint density at radius 1 is 1.59 bits per heavy atom. The van der Waals surface area contributed by atoms with Crippen molar-refractivity contribution >= 4 is 21.8 Å². The number of aliphatic hydroxyl groups excluding tert-OH is 1. The van der Waals surface area contributed by atoms with Gasteiger partial charge in [0.25, 0.3) is 5.91 Å². The highest BCUT2D eigenvalue weighted by atomic mass is 79.9. The zero-order valence-electron chi connectivity index (χ0n) is 9.87. The lowest BCUT2D eigenvalue weighted by molar-refractivity contribution is -0.123. The summed E-state index contributed by atoms with van der Waals surface area (Å²) in [6.45, 7) is 4.02. The maximum atomic E-state index is 11.3. The zero-order valence-corrected chi connectivity index (χ0v) is 11.5. The molecule has 0 saturated heterocycles. The first-order valence-corrected chi connectivity index (χ1v) is 6.21. The molecule has 0 radical (unpaired) electrons. The smallest absolute Gasteiger partial charge is 0.257 e. The molecule has 0 aromatic heterocycles. The van der Waals surface area contributed by atoms with Gasteiger partial charge >= 0.3 is 0 Å². The molecule has 4 nitrogen and oxygen atoms in total. The molecule has 0 saturated carbocycles. The highest BCUT2D eigenvalue weighted by molar-refractivity contribution is 9.10. The van der Waals surface area contributed by atoms with Crippen LogP contribution < -0.4 is 10.1 Å². The molecule has 1 aromatic rings. The van der Waals surface area contributed by atoms with Crippen molar-refractivity contribution in [3.8, 4) is 5.75 Å². The van der Waals surface area contributed by atoms with Gasteiger partial charge in [-0.15, -0.1) is 0 Å². The molecule has 0 heterocycles. The summed E-state index contributed by atoms with van der Waals surface area (Å²) in [5.41, 5.74) is 0.664. The molecule has 0 aliphatic carbocycles. The first-order chi connectivity index (χ1) is 8.04. The van der Waals surface area contributed by atoms with Crippen LogP contribution in [0.15, 0.2) is 22.7 Å². The standard InChI is InChI=1S/C12H16BrNO3/c1-3-14-12(16)7-17-11-6-9(13)4-5-10(11)8(2)15/h4-6,8,15H,3,7H2,1-2H3,(H,14,16)/t8-/m1/s1. The fourth-order valence-corrected chi connectivity index (χ4v) is 1.71. The van der Waals surface area contributed by atoms with Gasteiger partial charge in [-0.25, -0.2) is 0 Å². The molecule has 0 fully saturated rings. The third-order valence-corrected chi connectivity index (χ3v) is 2.65. The van der Waals surface area contributed by atoms with Gasteiger partial charge < -0.3 is 15.2 Å². The Morgan fingerprint density at radius 2 is 2.29 bits per heavy atom. The maximum Gasteiger partial charge on any atom is 0.257 e. The monoisotopic (exact) mass is 301 g/mol. The molecular weight excluding hydrogens is 286 g/mol. The number of rotatable bonds is 5. The molecule has 5 heteroatoms. The van der Waals surface area contributed by atoms with Crippen LogP contribution in [-0.2, 0) is 4.79 Å². The van der Waals surface area contributed by atoms with E-state index < -0.39 is 6.10 Å². The van der Waals surface area contributed by atoms with Crippen molar-refractivity contribution in [2.24, 2.45) is 0 Å². The van der Waals surface area contributed by atoms with Gasteiger partial charge in [0.05, 0.1) is 6.10 Å². The van der Waals surface area contributed by atoms with Gasteiger partial charge in [0.1, 0.15) is 5.75 Å². The summed E-state index contributed by atoms with van der Waals surface area (Å²) < 4.78 is 6.23. The molecule has 0 aliphatic rings. The van der Waals surface area contributed by atoms with Crippen LogP contribution in [0, 0.1) is 0 Å². The molecule has 0 bridgehead atoms. The molecule has 1 atom stereocenters. The van der Waals surface area contributed by atoms with E-state index in [1.165, 1.54) is 0 Å². The van der Waals surface area contributed by atoms with E-state index in [2.05, 4.69) is 21.2 Å². The molecule has 0 spiro atoms. The number of hydrogen-bond acceptors (Lipinski definition) is 3. The van der Waals surface area contributed by atoms with E-state index in [4.69, 9.17) is 4.74 Å². The SMILES string of the molecule is CCNC(=O)COc1cc(Br)ccc1[C@@H](C)O. The quantitative estimate of drug-likeness (QED) is 0.875. The summed E-state index contributed by atoms with van der Waals surface area (Å²) in [4.78, 5) is 11.3. The van der Waals surface area contributed by atoms with Crippen molar-refractivity contribution < 1.29 is 14.6 Å². The topological polar surface area (TPSA) is 58.6 Å². The number of hydrogen-bond donors (Lipinski definition) is 2.